The third-order valence-electron chi connectivity index (χ3n) is 3.05. The standard InChI is InChI=1S/C14H17Cl2N3O/c1-2-17-13(20)7-9-19-12(6-8-15)18-11-5-3-4-10(16)14(11)19/h3-5H,2,6-9H2,1H3,(H,17,20). The first-order valence-corrected chi connectivity index (χ1v) is 7.55. The molecule has 0 radical (unpaired) electrons. The fraction of sp³-hybridized carbons (Fsp3) is 0.429. The number of nitrogens with zero attached hydrogens (tertiary/aromatic N) is 2. The number of alkyl halides is 1. The number of amides is 1. The van der Waals surface area contributed by atoms with Crippen molar-refractivity contribution in [2.45, 2.75) is 26.3 Å². The molecule has 0 bridgehead atoms. The van der Waals surface area contributed by atoms with Crippen LogP contribution in [0.1, 0.15) is 19.2 Å². The number of imidazole rings is 1. The van der Waals surface area contributed by atoms with Crippen LogP contribution in [0.2, 0.25) is 5.02 Å². The zero-order valence-electron chi connectivity index (χ0n) is 11.3. The Hall–Kier alpha value is -1.26. The zero-order chi connectivity index (χ0) is 14.5. The van der Waals surface area contributed by atoms with Gasteiger partial charge in [-0.1, -0.05) is 17.7 Å². The first kappa shape index (κ1) is 15.1. The summed E-state index contributed by atoms with van der Waals surface area (Å²) in [6.07, 6.45) is 1.06. The number of aromatic nitrogens is 2. The zero-order valence-corrected chi connectivity index (χ0v) is 12.8. The van der Waals surface area contributed by atoms with E-state index in [0.29, 0.717) is 36.8 Å². The summed E-state index contributed by atoms with van der Waals surface area (Å²) < 4.78 is 2.00. The van der Waals surface area contributed by atoms with Gasteiger partial charge >= 0.3 is 0 Å². The van der Waals surface area contributed by atoms with Crippen molar-refractivity contribution < 1.29 is 4.79 Å². The first-order chi connectivity index (χ1) is 9.67. The van der Waals surface area contributed by atoms with Gasteiger partial charge in [0.1, 0.15) is 5.82 Å². The second-order valence-corrected chi connectivity index (χ2v) is 5.21. The maximum Gasteiger partial charge on any atom is 0.221 e. The lowest BCUT2D eigenvalue weighted by Crippen LogP contribution is -2.24. The summed E-state index contributed by atoms with van der Waals surface area (Å²) in [6.45, 7) is 3.09. The monoisotopic (exact) mass is 313 g/mol. The van der Waals surface area contributed by atoms with E-state index < -0.39 is 0 Å². The van der Waals surface area contributed by atoms with E-state index in [1.165, 1.54) is 0 Å². The highest BCUT2D eigenvalue weighted by Gasteiger charge is 2.13. The van der Waals surface area contributed by atoms with Gasteiger partial charge in [0.05, 0.1) is 16.1 Å². The van der Waals surface area contributed by atoms with E-state index in [0.717, 1.165) is 16.9 Å². The molecule has 0 aliphatic heterocycles. The largest absolute Gasteiger partial charge is 0.356 e. The second kappa shape index (κ2) is 6.95. The van der Waals surface area contributed by atoms with Gasteiger partial charge in [0, 0.05) is 31.8 Å². The average molecular weight is 314 g/mol. The lowest BCUT2D eigenvalue weighted by molar-refractivity contribution is -0.121. The maximum atomic E-state index is 11.6. The van der Waals surface area contributed by atoms with Crippen LogP contribution in [0.3, 0.4) is 0 Å². The molecule has 6 heteroatoms. The van der Waals surface area contributed by atoms with Gasteiger partial charge in [-0.3, -0.25) is 4.79 Å². The highest BCUT2D eigenvalue weighted by atomic mass is 35.5. The molecule has 0 saturated carbocycles. The van der Waals surface area contributed by atoms with Gasteiger partial charge in [-0.25, -0.2) is 4.98 Å². The number of halogens is 2. The topological polar surface area (TPSA) is 46.9 Å². The fourth-order valence-electron chi connectivity index (χ4n) is 2.20. The smallest absolute Gasteiger partial charge is 0.221 e. The Labute approximate surface area is 128 Å². The summed E-state index contributed by atoms with van der Waals surface area (Å²) in [7, 11) is 0. The molecule has 1 heterocycles. The van der Waals surface area contributed by atoms with Crippen molar-refractivity contribution in [3.8, 4) is 0 Å². The number of carbonyl (C=O) groups is 1. The number of para-hydroxylation sites is 1. The first-order valence-electron chi connectivity index (χ1n) is 6.63. The maximum absolute atomic E-state index is 11.6. The summed E-state index contributed by atoms with van der Waals surface area (Å²) in [5.41, 5.74) is 1.71. The minimum Gasteiger partial charge on any atom is -0.356 e. The third kappa shape index (κ3) is 3.25. The Morgan fingerprint density at radius 2 is 2.25 bits per heavy atom. The van der Waals surface area contributed by atoms with Gasteiger partial charge < -0.3 is 9.88 Å². The molecule has 0 unspecified atom stereocenters. The molecular weight excluding hydrogens is 297 g/mol. The quantitative estimate of drug-likeness (QED) is 0.833. The molecule has 1 N–H and O–H groups in total. The Balaban J connectivity index is 2.33. The molecule has 0 aliphatic carbocycles. The number of rotatable bonds is 6. The van der Waals surface area contributed by atoms with E-state index >= 15 is 0 Å². The minimum absolute atomic E-state index is 0.0261. The molecule has 2 aromatic rings. The van der Waals surface area contributed by atoms with Crippen LogP contribution in [0.25, 0.3) is 11.0 Å². The predicted octanol–water partition coefficient (Wildman–Crippen LogP) is 3.00. The number of aryl methyl sites for hydroxylation is 2. The van der Waals surface area contributed by atoms with E-state index in [9.17, 15) is 4.79 Å². The van der Waals surface area contributed by atoms with Crippen LogP contribution >= 0.6 is 23.2 Å². The van der Waals surface area contributed by atoms with Crippen molar-refractivity contribution in [3.05, 3.63) is 29.0 Å². The Morgan fingerprint density at radius 3 is 2.95 bits per heavy atom. The van der Waals surface area contributed by atoms with Gasteiger partial charge in [-0.2, -0.15) is 0 Å². The molecule has 20 heavy (non-hydrogen) atoms. The Kier molecular flexibility index (Phi) is 5.26. The molecule has 108 valence electrons. The summed E-state index contributed by atoms with van der Waals surface area (Å²) in [4.78, 5) is 16.2. The van der Waals surface area contributed by atoms with Crippen molar-refractivity contribution in [2.75, 3.05) is 12.4 Å². The predicted molar refractivity (Wildman–Crippen MR) is 82.5 cm³/mol. The number of hydrogen-bond acceptors (Lipinski definition) is 2. The average Bonchev–Trinajstić information content (AvgIpc) is 2.76. The molecule has 0 spiro atoms. The van der Waals surface area contributed by atoms with E-state index in [1.807, 2.05) is 29.7 Å². The van der Waals surface area contributed by atoms with Crippen molar-refractivity contribution in [1.82, 2.24) is 14.9 Å². The summed E-state index contributed by atoms with van der Waals surface area (Å²) in [5, 5.41) is 3.44. The SMILES string of the molecule is CCNC(=O)CCn1c(CCCl)nc2cccc(Cl)c21. The van der Waals surface area contributed by atoms with E-state index in [4.69, 9.17) is 23.2 Å². The summed E-state index contributed by atoms with van der Waals surface area (Å²) >= 11 is 12.1. The normalized spacial score (nSPS) is 10.9. The van der Waals surface area contributed by atoms with Crippen LogP contribution in [-0.2, 0) is 17.8 Å². The highest BCUT2D eigenvalue weighted by Crippen LogP contribution is 2.25. The lowest BCUT2D eigenvalue weighted by atomic mass is 10.3. The van der Waals surface area contributed by atoms with Crippen LogP contribution in [0.15, 0.2) is 18.2 Å². The van der Waals surface area contributed by atoms with Gasteiger partial charge in [0.15, 0.2) is 0 Å². The van der Waals surface area contributed by atoms with Crippen LogP contribution in [0, 0.1) is 0 Å². The van der Waals surface area contributed by atoms with Gasteiger partial charge in [-0.05, 0) is 19.1 Å². The van der Waals surface area contributed by atoms with Gasteiger partial charge in [-0.15, -0.1) is 11.6 Å². The number of fused-ring (bicyclic) bond motifs is 1. The van der Waals surface area contributed by atoms with Gasteiger partial charge in [0.2, 0.25) is 5.91 Å². The van der Waals surface area contributed by atoms with Crippen LogP contribution in [0.4, 0.5) is 0 Å². The van der Waals surface area contributed by atoms with Crippen molar-refractivity contribution >= 4 is 40.1 Å². The molecule has 1 amide bonds. The summed E-state index contributed by atoms with van der Waals surface area (Å²) in [6, 6.07) is 5.62. The molecule has 1 aromatic heterocycles. The fourth-order valence-corrected chi connectivity index (χ4v) is 2.65. The van der Waals surface area contributed by atoms with Crippen LogP contribution < -0.4 is 5.32 Å². The van der Waals surface area contributed by atoms with Crippen LogP contribution in [0.5, 0.6) is 0 Å². The summed E-state index contributed by atoms with van der Waals surface area (Å²) in [5.74, 6) is 1.38. The molecule has 2 rings (SSSR count). The Morgan fingerprint density at radius 1 is 1.45 bits per heavy atom. The number of carbonyl (C=O) groups excluding carboxylic acids is 1. The third-order valence-corrected chi connectivity index (χ3v) is 3.54. The second-order valence-electron chi connectivity index (χ2n) is 4.43. The molecule has 0 aliphatic rings. The van der Waals surface area contributed by atoms with Crippen molar-refractivity contribution in [3.63, 3.8) is 0 Å². The van der Waals surface area contributed by atoms with Crippen molar-refractivity contribution in [2.24, 2.45) is 0 Å². The molecule has 4 nitrogen and oxygen atoms in total. The number of hydrogen-bond donors (Lipinski definition) is 1. The molecular formula is C14H17Cl2N3O. The minimum atomic E-state index is 0.0261. The molecule has 1 aromatic carbocycles. The van der Waals surface area contributed by atoms with E-state index in [1.54, 1.807) is 0 Å². The van der Waals surface area contributed by atoms with E-state index in [-0.39, 0.29) is 5.91 Å². The molecule has 0 saturated heterocycles. The van der Waals surface area contributed by atoms with Gasteiger partial charge in [0.25, 0.3) is 0 Å². The van der Waals surface area contributed by atoms with E-state index in [2.05, 4.69) is 10.3 Å². The van der Waals surface area contributed by atoms with Crippen LogP contribution in [-0.4, -0.2) is 27.9 Å². The number of benzene rings is 1. The number of nitrogens with one attached hydrogen (secondary N) is 1. The Bertz CT molecular complexity index is 610. The molecule has 0 fully saturated rings. The lowest BCUT2D eigenvalue weighted by Gasteiger charge is -2.09. The van der Waals surface area contributed by atoms with Crippen molar-refractivity contribution in [1.29, 1.82) is 0 Å². The molecule has 0 atom stereocenters. The highest BCUT2D eigenvalue weighted by molar-refractivity contribution is 6.35.